The molecule has 5 heteroatoms. The Kier molecular flexibility index (Phi) is 2.92. The molecule has 0 spiro atoms. The lowest BCUT2D eigenvalue weighted by Crippen LogP contribution is -2.39. The highest BCUT2D eigenvalue weighted by molar-refractivity contribution is 5.73. The summed E-state index contributed by atoms with van der Waals surface area (Å²) in [4.78, 5) is 20.2. The van der Waals surface area contributed by atoms with Gasteiger partial charge in [0, 0.05) is 6.04 Å². The molecule has 5 nitrogen and oxygen atoms in total. The number of nitrogens with zero attached hydrogens (tertiary/aromatic N) is 2. The molecule has 1 aromatic rings. The molecule has 2 N–H and O–H groups in total. The van der Waals surface area contributed by atoms with Crippen molar-refractivity contribution in [1.29, 1.82) is 0 Å². The van der Waals surface area contributed by atoms with Gasteiger partial charge in [0.15, 0.2) is 0 Å². The molecule has 2 fully saturated rings. The fourth-order valence-electron chi connectivity index (χ4n) is 3.64. The Morgan fingerprint density at radius 3 is 2.74 bits per heavy atom. The van der Waals surface area contributed by atoms with Gasteiger partial charge >= 0.3 is 5.97 Å². The number of carbonyl (C=O) groups is 1. The quantitative estimate of drug-likeness (QED) is 0.870. The molecule has 4 unspecified atom stereocenters. The zero-order valence-electron chi connectivity index (χ0n) is 11.3. The maximum atomic E-state index is 11.4. The summed E-state index contributed by atoms with van der Waals surface area (Å²) in [6.07, 6.45) is 4.92. The Bertz CT molecular complexity index is 517. The maximum absolute atomic E-state index is 11.4. The van der Waals surface area contributed by atoms with E-state index in [9.17, 15) is 9.90 Å². The van der Waals surface area contributed by atoms with Gasteiger partial charge in [-0.2, -0.15) is 0 Å². The highest BCUT2D eigenvalue weighted by atomic mass is 16.4. The molecule has 4 atom stereocenters. The summed E-state index contributed by atoms with van der Waals surface area (Å²) in [5, 5.41) is 12.7. The summed E-state index contributed by atoms with van der Waals surface area (Å²) in [6, 6.07) is 0.00709. The zero-order chi connectivity index (χ0) is 13.6. The molecule has 2 bridgehead atoms. The smallest absolute Gasteiger partial charge is 0.308 e. The number of nitrogens with one attached hydrogen (secondary N) is 1. The van der Waals surface area contributed by atoms with Crippen LogP contribution in [0.5, 0.6) is 0 Å². The molecule has 2 aliphatic carbocycles. The summed E-state index contributed by atoms with van der Waals surface area (Å²) in [7, 11) is 0. The number of rotatable bonds is 3. The van der Waals surface area contributed by atoms with E-state index in [-0.39, 0.29) is 12.0 Å². The van der Waals surface area contributed by atoms with Crippen LogP contribution in [0.1, 0.15) is 30.7 Å². The number of carboxylic acid groups (broad SMARTS) is 1. The summed E-state index contributed by atoms with van der Waals surface area (Å²) in [6.45, 7) is 3.84. The minimum Gasteiger partial charge on any atom is -0.481 e. The lowest BCUT2D eigenvalue weighted by Gasteiger charge is -2.29. The average Bonchev–Trinajstić information content (AvgIpc) is 2.94. The average molecular weight is 261 g/mol. The SMILES string of the molecule is Cc1ncc(NC2C3CCC(C3)C2C(=O)O)nc1C. The number of carboxylic acids is 1. The molecule has 3 rings (SSSR count). The van der Waals surface area contributed by atoms with E-state index < -0.39 is 5.97 Å². The van der Waals surface area contributed by atoms with E-state index in [1.165, 1.54) is 0 Å². The van der Waals surface area contributed by atoms with Crippen LogP contribution in [0.4, 0.5) is 5.82 Å². The van der Waals surface area contributed by atoms with Crippen molar-refractivity contribution in [3.05, 3.63) is 17.6 Å². The monoisotopic (exact) mass is 261 g/mol. The van der Waals surface area contributed by atoms with E-state index >= 15 is 0 Å². The van der Waals surface area contributed by atoms with E-state index in [1.807, 2.05) is 13.8 Å². The number of aliphatic carboxylic acids is 1. The third-order valence-corrected chi connectivity index (χ3v) is 4.71. The molecule has 2 aliphatic rings. The maximum Gasteiger partial charge on any atom is 0.308 e. The Labute approximate surface area is 112 Å². The van der Waals surface area contributed by atoms with E-state index in [2.05, 4.69) is 15.3 Å². The predicted octanol–water partition coefficient (Wildman–Crippen LogP) is 2.00. The van der Waals surface area contributed by atoms with Crippen LogP contribution < -0.4 is 5.32 Å². The number of hydrogen-bond acceptors (Lipinski definition) is 4. The molecule has 0 amide bonds. The second-order valence-corrected chi connectivity index (χ2v) is 5.79. The van der Waals surface area contributed by atoms with E-state index in [0.29, 0.717) is 17.7 Å². The third kappa shape index (κ3) is 2.07. The first-order valence-electron chi connectivity index (χ1n) is 6.86. The Morgan fingerprint density at radius 2 is 2.05 bits per heavy atom. The summed E-state index contributed by atoms with van der Waals surface area (Å²) in [5.74, 6) is 0.546. The van der Waals surface area contributed by atoms with Gasteiger partial charge in [0.25, 0.3) is 0 Å². The molecule has 0 aliphatic heterocycles. The first-order chi connectivity index (χ1) is 9.06. The van der Waals surface area contributed by atoms with Gasteiger partial charge in [-0.1, -0.05) is 0 Å². The minimum absolute atomic E-state index is 0.00709. The van der Waals surface area contributed by atoms with Crippen LogP contribution in [0, 0.1) is 31.6 Å². The van der Waals surface area contributed by atoms with Gasteiger partial charge in [-0.25, -0.2) is 4.98 Å². The highest BCUT2D eigenvalue weighted by Gasteiger charge is 2.51. The molecular formula is C14H19N3O2. The Hall–Kier alpha value is -1.65. The van der Waals surface area contributed by atoms with Crippen LogP contribution in [0.25, 0.3) is 0 Å². The van der Waals surface area contributed by atoms with E-state index in [0.717, 1.165) is 30.7 Å². The Balaban J connectivity index is 1.81. The molecule has 0 radical (unpaired) electrons. The standard InChI is InChI=1S/C14H19N3O2/c1-7-8(2)16-11(6-15-7)17-13-10-4-3-9(5-10)12(13)14(18)19/h6,9-10,12-13H,3-5H2,1-2H3,(H,16,17)(H,18,19). The van der Waals surface area contributed by atoms with Crippen molar-refractivity contribution in [3.63, 3.8) is 0 Å². The molecule has 102 valence electrons. The molecule has 0 aromatic carbocycles. The predicted molar refractivity (Wildman–Crippen MR) is 70.9 cm³/mol. The van der Waals surface area contributed by atoms with Crippen LogP contribution in [0.15, 0.2) is 6.20 Å². The van der Waals surface area contributed by atoms with Crippen molar-refractivity contribution < 1.29 is 9.90 Å². The first kappa shape index (κ1) is 12.4. The van der Waals surface area contributed by atoms with Crippen LogP contribution in [0.3, 0.4) is 0 Å². The van der Waals surface area contributed by atoms with E-state index in [1.54, 1.807) is 6.20 Å². The lowest BCUT2D eigenvalue weighted by molar-refractivity contribution is -0.143. The van der Waals surface area contributed by atoms with Gasteiger partial charge in [-0.05, 0) is 44.9 Å². The van der Waals surface area contributed by atoms with Crippen LogP contribution in [0.2, 0.25) is 0 Å². The second-order valence-electron chi connectivity index (χ2n) is 5.79. The number of hydrogen-bond donors (Lipinski definition) is 2. The summed E-state index contributed by atoms with van der Waals surface area (Å²) in [5.41, 5.74) is 1.80. The molecule has 0 saturated heterocycles. The molecular weight excluding hydrogens is 242 g/mol. The van der Waals surface area contributed by atoms with Gasteiger partial charge in [0.1, 0.15) is 5.82 Å². The third-order valence-electron chi connectivity index (χ3n) is 4.71. The minimum atomic E-state index is -0.679. The lowest BCUT2D eigenvalue weighted by atomic mass is 9.84. The number of anilines is 1. The van der Waals surface area contributed by atoms with Crippen molar-refractivity contribution in [3.8, 4) is 0 Å². The van der Waals surface area contributed by atoms with Crippen LogP contribution >= 0.6 is 0 Å². The van der Waals surface area contributed by atoms with Crippen molar-refractivity contribution in [2.24, 2.45) is 17.8 Å². The normalized spacial score (nSPS) is 32.5. The van der Waals surface area contributed by atoms with Gasteiger partial charge in [-0.3, -0.25) is 9.78 Å². The largest absolute Gasteiger partial charge is 0.481 e. The van der Waals surface area contributed by atoms with Gasteiger partial charge < -0.3 is 10.4 Å². The fourth-order valence-corrected chi connectivity index (χ4v) is 3.64. The molecule has 2 saturated carbocycles. The molecule has 1 heterocycles. The van der Waals surface area contributed by atoms with Crippen molar-refractivity contribution in [2.75, 3.05) is 5.32 Å². The van der Waals surface area contributed by atoms with Gasteiger partial charge in [0.05, 0.1) is 23.5 Å². The summed E-state index contributed by atoms with van der Waals surface area (Å²) < 4.78 is 0. The van der Waals surface area contributed by atoms with Crippen molar-refractivity contribution >= 4 is 11.8 Å². The molecule has 19 heavy (non-hydrogen) atoms. The van der Waals surface area contributed by atoms with Crippen molar-refractivity contribution in [2.45, 2.75) is 39.2 Å². The zero-order valence-corrected chi connectivity index (χ0v) is 11.3. The number of fused-ring (bicyclic) bond motifs is 2. The van der Waals surface area contributed by atoms with Crippen molar-refractivity contribution in [1.82, 2.24) is 9.97 Å². The topological polar surface area (TPSA) is 75.1 Å². The number of aryl methyl sites for hydroxylation is 2. The second kappa shape index (κ2) is 4.47. The van der Waals surface area contributed by atoms with Gasteiger partial charge in [0.2, 0.25) is 0 Å². The van der Waals surface area contributed by atoms with Crippen LogP contribution in [-0.2, 0) is 4.79 Å². The van der Waals surface area contributed by atoms with Gasteiger partial charge in [-0.15, -0.1) is 0 Å². The molecule has 1 aromatic heterocycles. The Morgan fingerprint density at radius 1 is 1.32 bits per heavy atom. The fraction of sp³-hybridized carbons (Fsp3) is 0.643. The highest BCUT2D eigenvalue weighted by Crippen LogP contribution is 2.49. The first-order valence-corrected chi connectivity index (χ1v) is 6.86. The van der Waals surface area contributed by atoms with Crippen LogP contribution in [-0.4, -0.2) is 27.1 Å². The van der Waals surface area contributed by atoms with E-state index in [4.69, 9.17) is 0 Å². The summed E-state index contributed by atoms with van der Waals surface area (Å²) >= 11 is 0. The number of aromatic nitrogens is 2.